The number of nitrogens with zero attached hydrogens (tertiary/aromatic N) is 1. The summed E-state index contributed by atoms with van der Waals surface area (Å²) in [7, 11) is 0. The largest absolute Gasteiger partial charge is 0.478 e. The Hall–Kier alpha value is -1.35. The van der Waals surface area contributed by atoms with Crippen molar-refractivity contribution in [3.63, 3.8) is 0 Å². The molecule has 0 aliphatic heterocycles. The molecule has 0 heterocycles. The molecular formula is C16H23NO2. The van der Waals surface area contributed by atoms with Crippen LogP contribution in [0.3, 0.4) is 0 Å². The van der Waals surface area contributed by atoms with Gasteiger partial charge in [0.2, 0.25) is 0 Å². The van der Waals surface area contributed by atoms with Crippen LogP contribution in [-0.2, 0) is 6.54 Å². The fourth-order valence-corrected chi connectivity index (χ4v) is 2.29. The van der Waals surface area contributed by atoms with Crippen molar-refractivity contribution in [2.45, 2.75) is 45.7 Å². The molecule has 1 aliphatic rings. The molecule has 0 spiro atoms. The molecule has 19 heavy (non-hydrogen) atoms. The number of rotatable bonds is 7. The molecular weight excluding hydrogens is 238 g/mol. The Kier molecular flexibility index (Phi) is 4.59. The summed E-state index contributed by atoms with van der Waals surface area (Å²) in [5, 5.41) is 9.03. The quantitative estimate of drug-likeness (QED) is 0.818. The first kappa shape index (κ1) is 14.1. The minimum absolute atomic E-state index is 0.386. The van der Waals surface area contributed by atoms with Crippen molar-refractivity contribution in [1.82, 2.24) is 4.90 Å². The van der Waals surface area contributed by atoms with E-state index in [-0.39, 0.29) is 0 Å². The van der Waals surface area contributed by atoms with Gasteiger partial charge in [-0.25, -0.2) is 4.79 Å². The Morgan fingerprint density at radius 3 is 2.74 bits per heavy atom. The molecule has 0 radical (unpaired) electrons. The van der Waals surface area contributed by atoms with Crippen LogP contribution in [0.1, 0.15) is 49.0 Å². The summed E-state index contributed by atoms with van der Waals surface area (Å²) < 4.78 is 0. The monoisotopic (exact) mass is 261 g/mol. The smallest absolute Gasteiger partial charge is 0.335 e. The van der Waals surface area contributed by atoms with Crippen LogP contribution in [0.15, 0.2) is 24.3 Å². The van der Waals surface area contributed by atoms with Crippen molar-refractivity contribution < 1.29 is 9.90 Å². The maximum Gasteiger partial charge on any atom is 0.335 e. The lowest BCUT2D eigenvalue weighted by molar-refractivity contribution is 0.0696. The molecule has 3 heteroatoms. The van der Waals surface area contributed by atoms with E-state index in [1.807, 2.05) is 12.1 Å². The maximum atomic E-state index is 11.0. The van der Waals surface area contributed by atoms with E-state index in [1.165, 1.54) is 19.3 Å². The summed E-state index contributed by atoms with van der Waals surface area (Å²) in [6, 6.07) is 8.03. The average Bonchev–Trinajstić information content (AvgIpc) is 3.18. The minimum atomic E-state index is -0.845. The van der Waals surface area contributed by atoms with Gasteiger partial charge in [-0.2, -0.15) is 0 Å². The van der Waals surface area contributed by atoms with E-state index < -0.39 is 5.97 Å². The summed E-state index contributed by atoms with van der Waals surface area (Å²) in [5.41, 5.74) is 1.49. The first-order valence-corrected chi connectivity index (χ1v) is 7.12. The first-order valence-electron chi connectivity index (χ1n) is 7.12. The van der Waals surface area contributed by atoms with Gasteiger partial charge in [0.25, 0.3) is 0 Å². The predicted octanol–water partition coefficient (Wildman–Crippen LogP) is 3.40. The Morgan fingerprint density at radius 1 is 1.42 bits per heavy atom. The molecule has 1 fully saturated rings. The van der Waals surface area contributed by atoms with E-state index in [1.54, 1.807) is 12.1 Å². The number of carboxylic acids is 1. The summed E-state index contributed by atoms with van der Waals surface area (Å²) >= 11 is 0. The summed E-state index contributed by atoms with van der Waals surface area (Å²) in [4.78, 5) is 13.5. The zero-order valence-electron chi connectivity index (χ0n) is 11.8. The Bertz CT molecular complexity index is 438. The van der Waals surface area contributed by atoms with Gasteiger partial charge in [-0.15, -0.1) is 0 Å². The van der Waals surface area contributed by atoms with Crippen LogP contribution in [0.5, 0.6) is 0 Å². The molecule has 0 unspecified atom stereocenters. The fraction of sp³-hybridized carbons (Fsp3) is 0.562. The third-order valence-corrected chi connectivity index (χ3v) is 3.62. The van der Waals surface area contributed by atoms with E-state index in [9.17, 15) is 4.79 Å². The van der Waals surface area contributed by atoms with Crippen molar-refractivity contribution >= 4 is 5.97 Å². The number of hydrogen-bond donors (Lipinski definition) is 1. The molecule has 0 bridgehead atoms. The summed E-state index contributed by atoms with van der Waals surface area (Å²) in [6.07, 6.45) is 3.78. The van der Waals surface area contributed by atoms with E-state index in [0.29, 0.717) is 17.5 Å². The van der Waals surface area contributed by atoms with Crippen LogP contribution in [-0.4, -0.2) is 28.6 Å². The second-order valence-electron chi connectivity index (χ2n) is 5.89. The van der Waals surface area contributed by atoms with Gasteiger partial charge in [-0.05, 0) is 49.4 Å². The van der Waals surface area contributed by atoms with Gasteiger partial charge < -0.3 is 5.11 Å². The van der Waals surface area contributed by atoms with E-state index >= 15 is 0 Å². The number of aromatic carboxylic acids is 1. The lowest BCUT2D eigenvalue weighted by Crippen LogP contribution is -2.27. The summed E-state index contributed by atoms with van der Waals surface area (Å²) in [5.74, 6) is -0.131. The number of carboxylic acid groups (broad SMARTS) is 1. The Labute approximate surface area is 115 Å². The molecule has 0 atom stereocenters. The van der Waals surface area contributed by atoms with Gasteiger partial charge in [0, 0.05) is 12.6 Å². The van der Waals surface area contributed by atoms with Crippen LogP contribution in [0.2, 0.25) is 0 Å². The first-order chi connectivity index (χ1) is 9.06. The van der Waals surface area contributed by atoms with Gasteiger partial charge >= 0.3 is 5.97 Å². The predicted molar refractivity (Wildman–Crippen MR) is 76.3 cm³/mol. The van der Waals surface area contributed by atoms with E-state index in [4.69, 9.17) is 5.11 Å². The van der Waals surface area contributed by atoms with E-state index in [2.05, 4.69) is 18.7 Å². The Balaban J connectivity index is 2.00. The molecule has 0 saturated heterocycles. The molecule has 0 aromatic heterocycles. The van der Waals surface area contributed by atoms with Gasteiger partial charge in [-0.3, -0.25) is 4.90 Å². The average molecular weight is 261 g/mol. The lowest BCUT2D eigenvalue weighted by Gasteiger charge is -2.23. The third kappa shape index (κ3) is 4.35. The van der Waals surface area contributed by atoms with Gasteiger partial charge in [0.15, 0.2) is 0 Å². The van der Waals surface area contributed by atoms with Gasteiger partial charge in [0.05, 0.1) is 5.56 Å². The standard InChI is InChI=1S/C16H23NO2/c1-12(2)8-9-17(15-6-7-15)11-13-4-3-5-14(10-13)16(18)19/h3-5,10,12,15H,6-9,11H2,1-2H3,(H,18,19). The molecule has 0 amide bonds. The molecule has 1 aliphatic carbocycles. The highest BCUT2D eigenvalue weighted by Gasteiger charge is 2.28. The molecule has 2 rings (SSSR count). The van der Waals surface area contributed by atoms with Crippen LogP contribution in [0.25, 0.3) is 0 Å². The molecule has 3 nitrogen and oxygen atoms in total. The Morgan fingerprint density at radius 2 is 2.16 bits per heavy atom. The number of benzene rings is 1. The van der Waals surface area contributed by atoms with Crippen LogP contribution < -0.4 is 0 Å². The molecule has 1 saturated carbocycles. The van der Waals surface area contributed by atoms with Crippen molar-refractivity contribution in [1.29, 1.82) is 0 Å². The van der Waals surface area contributed by atoms with Crippen LogP contribution in [0.4, 0.5) is 0 Å². The molecule has 1 N–H and O–H groups in total. The van der Waals surface area contributed by atoms with Gasteiger partial charge in [-0.1, -0.05) is 26.0 Å². The van der Waals surface area contributed by atoms with Crippen LogP contribution in [0, 0.1) is 5.92 Å². The second kappa shape index (κ2) is 6.20. The highest BCUT2D eigenvalue weighted by atomic mass is 16.4. The number of carbonyl (C=O) groups is 1. The van der Waals surface area contributed by atoms with Crippen molar-refractivity contribution in [3.05, 3.63) is 35.4 Å². The van der Waals surface area contributed by atoms with Crippen molar-refractivity contribution in [2.24, 2.45) is 5.92 Å². The summed E-state index contributed by atoms with van der Waals surface area (Å²) in [6.45, 7) is 6.48. The molecule has 104 valence electrons. The lowest BCUT2D eigenvalue weighted by atomic mass is 10.1. The highest BCUT2D eigenvalue weighted by molar-refractivity contribution is 5.87. The van der Waals surface area contributed by atoms with Crippen LogP contribution >= 0.6 is 0 Å². The SMILES string of the molecule is CC(C)CCN(Cc1cccc(C(=O)O)c1)C1CC1. The second-order valence-corrected chi connectivity index (χ2v) is 5.89. The topological polar surface area (TPSA) is 40.5 Å². The highest BCUT2D eigenvalue weighted by Crippen LogP contribution is 2.29. The van der Waals surface area contributed by atoms with Gasteiger partial charge in [0.1, 0.15) is 0 Å². The zero-order valence-corrected chi connectivity index (χ0v) is 11.8. The van der Waals surface area contributed by atoms with Crippen molar-refractivity contribution in [3.8, 4) is 0 Å². The minimum Gasteiger partial charge on any atom is -0.478 e. The fourth-order valence-electron chi connectivity index (χ4n) is 2.29. The van der Waals surface area contributed by atoms with Crippen molar-refractivity contribution in [2.75, 3.05) is 6.54 Å². The zero-order chi connectivity index (χ0) is 13.8. The normalized spacial score (nSPS) is 15.2. The number of hydrogen-bond acceptors (Lipinski definition) is 2. The maximum absolute atomic E-state index is 11.0. The third-order valence-electron chi connectivity index (χ3n) is 3.62. The molecule has 1 aromatic rings. The molecule has 1 aromatic carbocycles. The van der Waals surface area contributed by atoms with E-state index in [0.717, 1.165) is 18.7 Å².